The zero-order chi connectivity index (χ0) is 16.8. The molecule has 2 N–H and O–H groups in total. The van der Waals surface area contributed by atoms with Gasteiger partial charge >= 0.3 is 0 Å². The number of carbonyl (C=O) groups excluding carboxylic acids is 1. The summed E-state index contributed by atoms with van der Waals surface area (Å²) < 4.78 is 0. The number of nitro benzene ring substituents is 1. The number of quaternary nitrogens is 1. The van der Waals surface area contributed by atoms with Crippen LogP contribution in [0.3, 0.4) is 0 Å². The minimum atomic E-state index is -0.488. The van der Waals surface area contributed by atoms with E-state index in [1.165, 1.54) is 16.5 Å². The Morgan fingerprint density at radius 1 is 1.13 bits per heavy atom. The third kappa shape index (κ3) is 4.62. The lowest BCUT2D eigenvalue weighted by atomic mass is 10.1. The number of rotatable bonds is 7. The van der Waals surface area contributed by atoms with Crippen LogP contribution in [-0.2, 0) is 13.1 Å². The first-order chi connectivity index (χ1) is 11.0. The Kier molecular flexibility index (Phi) is 5.43. The van der Waals surface area contributed by atoms with E-state index in [4.69, 9.17) is 0 Å². The molecule has 0 radical (unpaired) electrons. The zero-order valence-corrected chi connectivity index (χ0v) is 13.2. The normalized spacial score (nSPS) is 10.6. The molecule has 0 amide bonds. The fourth-order valence-corrected chi connectivity index (χ4v) is 2.30. The van der Waals surface area contributed by atoms with Crippen LogP contribution in [0.15, 0.2) is 42.5 Å². The molecule has 2 aromatic carbocycles. The molecule has 23 heavy (non-hydrogen) atoms. The molecular formula is C17H20N3O3+. The SMILES string of the molecule is C[NH+](C)Cc1ccc(CNc2ccc(C=O)cc2[N+](=O)[O-])cc1. The van der Waals surface area contributed by atoms with Crippen molar-refractivity contribution >= 4 is 17.7 Å². The lowest BCUT2D eigenvalue weighted by Gasteiger charge is -2.10. The first-order valence-electron chi connectivity index (χ1n) is 7.34. The molecule has 2 rings (SSSR count). The third-order valence-electron chi connectivity index (χ3n) is 3.42. The Balaban J connectivity index is 2.08. The van der Waals surface area contributed by atoms with Crippen molar-refractivity contribution in [3.8, 4) is 0 Å². The van der Waals surface area contributed by atoms with Crippen molar-refractivity contribution < 1.29 is 14.6 Å². The molecule has 0 heterocycles. The van der Waals surface area contributed by atoms with Crippen LogP contribution in [0.2, 0.25) is 0 Å². The van der Waals surface area contributed by atoms with Gasteiger partial charge in [0.15, 0.2) is 0 Å². The monoisotopic (exact) mass is 314 g/mol. The minimum Gasteiger partial charge on any atom is -0.375 e. The van der Waals surface area contributed by atoms with E-state index in [2.05, 4.69) is 31.5 Å². The highest BCUT2D eigenvalue weighted by Gasteiger charge is 2.14. The number of nitro groups is 1. The molecule has 0 aromatic heterocycles. The van der Waals surface area contributed by atoms with Crippen molar-refractivity contribution in [2.24, 2.45) is 0 Å². The summed E-state index contributed by atoms with van der Waals surface area (Å²) in [5.41, 5.74) is 2.88. The Morgan fingerprint density at radius 2 is 1.78 bits per heavy atom. The van der Waals surface area contributed by atoms with Gasteiger partial charge in [-0.1, -0.05) is 24.3 Å². The summed E-state index contributed by atoms with van der Waals surface area (Å²) in [6.45, 7) is 1.43. The van der Waals surface area contributed by atoms with Gasteiger partial charge in [-0.25, -0.2) is 0 Å². The van der Waals surface area contributed by atoms with E-state index in [-0.39, 0.29) is 11.3 Å². The van der Waals surface area contributed by atoms with E-state index in [0.29, 0.717) is 18.5 Å². The summed E-state index contributed by atoms with van der Waals surface area (Å²) in [5.74, 6) is 0. The number of benzene rings is 2. The minimum absolute atomic E-state index is 0.0950. The van der Waals surface area contributed by atoms with Gasteiger partial charge in [0, 0.05) is 23.7 Å². The van der Waals surface area contributed by atoms with Crippen LogP contribution in [0, 0.1) is 10.1 Å². The smallest absolute Gasteiger partial charge is 0.293 e. The van der Waals surface area contributed by atoms with Crippen molar-refractivity contribution in [2.75, 3.05) is 19.4 Å². The zero-order valence-electron chi connectivity index (χ0n) is 13.2. The Morgan fingerprint density at radius 3 is 2.35 bits per heavy atom. The van der Waals surface area contributed by atoms with E-state index in [1.807, 2.05) is 12.1 Å². The van der Waals surface area contributed by atoms with Crippen LogP contribution in [0.4, 0.5) is 11.4 Å². The lowest BCUT2D eigenvalue weighted by Crippen LogP contribution is -3.04. The highest BCUT2D eigenvalue weighted by molar-refractivity contribution is 5.79. The quantitative estimate of drug-likeness (QED) is 0.463. The maximum atomic E-state index is 11.1. The second-order valence-electron chi connectivity index (χ2n) is 5.71. The van der Waals surface area contributed by atoms with E-state index in [9.17, 15) is 14.9 Å². The number of anilines is 1. The van der Waals surface area contributed by atoms with Gasteiger partial charge in [0.05, 0.1) is 19.0 Å². The maximum Gasteiger partial charge on any atom is 0.293 e. The van der Waals surface area contributed by atoms with Gasteiger partial charge in [-0.15, -0.1) is 0 Å². The van der Waals surface area contributed by atoms with Crippen LogP contribution in [0.25, 0.3) is 0 Å². The molecular weight excluding hydrogens is 294 g/mol. The molecule has 0 atom stereocenters. The Bertz CT molecular complexity index is 697. The standard InChI is InChI=1S/C17H19N3O3/c1-19(2)11-14-5-3-13(4-6-14)10-18-16-8-7-15(12-21)9-17(16)20(22)23/h3-9,12,18H,10-11H2,1-2H3/p+1. The number of carbonyl (C=O) groups is 1. The molecule has 6 heteroatoms. The molecule has 0 spiro atoms. The summed E-state index contributed by atoms with van der Waals surface area (Å²) in [4.78, 5) is 22.7. The van der Waals surface area contributed by atoms with Gasteiger partial charge in [0.2, 0.25) is 0 Å². The van der Waals surface area contributed by atoms with Crippen molar-refractivity contribution in [3.63, 3.8) is 0 Å². The molecule has 0 bridgehead atoms. The summed E-state index contributed by atoms with van der Waals surface area (Å²) >= 11 is 0. The van der Waals surface area contributed by atoms with Gasteiger partial charge in [-0.2, -0.15) is 0 Å². The molecule has 0 unspecified atom stereocenters. The Hall–Kier alpha value is -2.73. The predicted molar refractivity (Wildman–Crippen MR) is 88.8 cm³/mol. The molecule has 0 saturated carbocycles. The number of hydrogen-bond donors (Lipinski definition) is 2. The van der Waals surface area contributed by atoms with Gasteiger partial charge < -0.3 is 10.2 Å². The van der Waals surface area contributed by atoms with Gasteiger partial charge in [0.25, 0.3) is 5.69 Å². The van der Waals surface area contributed by atoms with Gasteiger partial charge in [-0.3, -0.25) is 14.9 Å². The van der Waals surface area contributed by atoms with Crippen LogP contribution in [-0.4, -0.2) is 25.3 Å². The van der Waals surface area contributed by atoms with E-state index in [1.54, 1.807) is 12.1 Å². The molecule has 0 fully saturated rings. The molecule has 0 aliphatic rings. The fourth-order valence-electron chi connectivity index (χ4n) is 2.30. The molecule has 2 aromatic rings. The van der Waals surface area contributed by atoms with Crippen LogP contribution < -0.4 is 10.2 Å². The second kappa shape index (κ2) is 7.51. The summed E-state index contributed by atoms with van der Waals surface area (Å²) in [5, 5.41) is 14.2. The highest BCUT2D eigenvalue weighted by Crippen LogP contribution is 2.25. The number of hydrogen-bond acceptors (Lipinski definition) is 4. The number of aldehydes is 1. The lowest BCUT2D eigenvalue weighted by molar-refractivity contribution is -0.872. The maximum absolute atomic E-state index is 11.1. The average Bonchev–Trinajstić information content (AvgIpc) is 2.53. The Labute approximate surface area is 134 Å². The second-order valence-corrected chi connectivity index (χ2v) is 5.71. The summed E-state index contributed by atoms with van der Waals surface area (Å²) in [6, 6.07) is 12.5. The van der Waals surface area contributed by atoms with Crippen molar-refractivity contribution in [1.29, 1.82) is 0 Å². The third-order valence-corrected chi connectivity index (χ3v) is 3.42. The fraction of sp³-hybridized carbons (Fsp3) is 0.235. The van der Waals surface area contributed by atoms with Crippen molar-refractivity contribution in [2.45, 2.75) is 13.1 Å². The molecule has 0 saturated heterocycles. The molecule has 0 aliphatic heterocycles. The molecule has 6 nitrogen and oxygen atoms in total. The summed E-state index contributed by atoms with van der Waals surface area (Å²) in [7, 11) is 4.19. The van der Waals surface area contributed by atoms with E-state index in [0.717, 1.165) is 12.1 Å². The van der Waals surface area contributed by atoms with Gasteiger partial charge in [0.1, 0.15) is 18.5 Å². The first-order valence-corrected chi connectivity index (χ1v) is 7.34. The molecule has 120 valence electrons. The number of nitrogens with one attached hydrogen (secondary N) is 2. The number of nitrogens with zero attached hydrogens (tertiary/aromatic N) is 1. The van der Waals surface area contributed by atoms with Crippen LogP contribution in [0.5, 0.6) is 0 Å². The van der Waals surface area contributed by atoms with E-state index >= 15 is 0 Å². The van der Waals surface area contributed by atoms with Crippen LogP contribution >= 0.6 is 0 Å². The first kappa shape index (κ1) is 16.6. The predicted octanol–water partition coefficient (Wildman–Crippen LogP) is 1.66. The van der Waals surface area contributed by atoms with E-state index < -0.39 is 4.92 Å². The summed E-state index contributed by atoms with van der Waals surface area (Å²) in [6.07, 6.45) is 0.599. The average molecular weight is 314 g/mol. The topological polar surface area (TPSA) is 76.7 Å². The molecule has 0 aliphatic carbocycles. The van der Waals surface area contributed by atoms with Crippen LogP contribution in [0.1, 0.15) is 21.5 Å². The van der Waals surface area contributed by atoms with Crippen molar-refractivity contribution in [1.82, 2.24) is 0 Å². The largest absolute Gasteiger partial charge is 0.375 e. The van der Waals surface area contributed by atoms with Crippen molar-refractivity contribution in [3.05, 3.63) is 69.3 Å². The highest BCUT2D eigenvalue weighted by atomic mass is 16.6. The van der Waals surface area contributed by atoms with Gasteiger partial charge in [-0.05, 0) is 17.7 Å².